The van der Waals surface area contributed by atoms with E-state index in [4.69, 9.17) is 5.73 Å². The molecule has 0 bridgehead atoms. The van der Waals surface area contributed by atoms with Crippen LogP contribution in [-0.2, 0) is 6.42 Å². The second kappa shape index (κ2) is 6.83. The zero-order valence-corrected chi connectivity index (χ0v) is 13.4. The third kappa shape index (κ3) is 3.42. The van der Waals surface area contributed by atoms with E-state index >= 15 is 0 Å². The Hall–Kier alpha value is -1.02. The molecular weight excluding hydrogens is 256 g/mol. The molecule has 0 aromatic heterocycles. The van der Waals surface area contributed by atoms with E-state index in [9.17, 15) is 0 Å². The predicted octanol–water partition coefficient (Wildman–Crippen LogP) is 3.98. The van der Waals surface area contributed by atoms with Crippen molar-refractivity contribution >= 4 is 5.69 Å². The van der Waals surface area contributed by atoms with E-state index in [2.05, 4.69) is 36.1 Å². The molecule has 116 valence electrons. The molecule has 1 aromatic carbocycles. The summed E-state index contributed by atoms with van der Waals surface area (Å²) < 4.78 is 0. The number of nitrogens with two attached hydrogens (primary N) is 1. The van der Waals surface area contributed by atoms with Crippen LogP contribution in [0.4, 0.5) is 5.69 Å². The van der Waals surface area contributed by atoms with Crippen molar-refractivity contribution in [3.8, 4) is 0 Å². The number of fused-ring (bicyclic) bond motifs is 1. The number of anilines is 1. The lowest BCUT2D eigenvalue weighted by Crippen LogP contribution is -2.47. The molecule has 1 aromatic rings. The summed E-state index contributed by atoms with van der Waals surface area (Å²) in [6.45, 7) is 4.33. The number of rotatable bonds is 4. The van der Waals surface area contributed by atoms with E-state index in [0.29, 0.717) is 6.04 Å². The lowest BCUT2D eigenvalue weighted by Gasteiger charge is -2.41. The van der Waals surface area contributed by atoms with Crippen LogP contribution >= 0.6 is 0 Å². The molecule has 0 spiro atoms. The Balaban J connectivity index is 1.76. The summed E-state index contributed by atoms with van der Waals surface area (Å²) in [6, 6.07) is 9.47. The molecule has 3 rings (SSSR count). The third-order valence-electron chi connectivity index (χ3n) is 5.42. The molecule has 2 heteroatoms. The van der Waals surface area contributed by atoms with Gasteiger partial charge in [-0.15, -0.1) is 0 Å². The van der Waals surface area contributed by atoms with Crippen LogP contribution in [0.2, 0.25) is 0 Å². The van der Waals surface area contributed by atoms with Crippen molar-refractivity contribution in [2.24, 2.45) is 17.6 Å². The van der Waals surface area contributed by atoms with Gasteiger partial charge in [0.2, 0.25) is 0 Å². The smallest absolute Gasteiger partial charge is 0.0415 e. The predicted molar refractivity (Wildman–Crippen MR) is 90.7 cm³/mol. The molecule has 1 saturated carbocycles. The van der Waals surface area contributed by atoms with E-state index in [-0.39, 0.29) is 0 Å². The number of benzene rings is 1. The fourth-order valence-corrected chi connectivity index (χ4v) is 4.34. The molecule has 21 heavy (non-hydrogen) atoms. The standard InChI is InChI=1S/C19H30N2/c1-15-11-17-9-5-6-10-19(17)21(14-15)18(13-20)12-16-7-3-2-4-8-16/h5-6,9-10,15-16,18H,2-4,7-8,11-14,20H2,1H3. The number of nitrogens with zero attached hydrogens (tertiary/aromatic N) is 1. The molecule has 0 amide bonds. The lowest BCUT2D eigenvalue weighted by molar-refractivity contribution is 0.307. The van der Waals surface area contributed by atoms with Crippen molar-refractivity contribution < 1.29 is 0 Å². The van der Waals surface area contributed by atoms with Gasteiger partial charge in [0.25, 0.3) is 0 Å². The van der Waals surface area contributed by atoms with Gasteiger partial charge in [0.15, 0.2) is 0 Å². The molecule has 0 radical (unpaired) electrons. The Morgan fingerprint density at radius 1 is 1.19 bits per heavy atom. The van der Waals surface area contributed by atoms with Gasteiger partial charge in [-0.1, -0.05) is 57.2 Å². The minimum atomic E-state index is 0.525. The van der Waals surface area contributed by atoms with Crippen LogP contribution in [-0.4, -0.2) is 19.1 Å². The molecule has 1 fully saturated rings. The number of hydrogen-bond acceptors (Lipinski definition) is 2. The van der Waals surface area contributed by atoms with Gasteiger partial charge in [0.05, 0.1) is 0 Å². The highest BCUT2D eigenvalue weighted by atomic mass is 15.2. The summed E-state index contributed by atoms with van der Waals surface area (Å²) in [6.07, 6.45) is 9.63. The first-order valence-electron chi connectivity index (χ1n) is 8.82. The lowest BCUT2D eigenvalue weighted by atomic mass is 9.83. The Labute approximate surface area is 129 Å². The maximum atomic E-state index is 6.18. The first kappa shape index (κ1) is 14.9. The quantitative estimate of drug-likeness (QED) is 0.907. The molecule has 1 aliphatic heterocycles. The fraction of sp³-hybridized carbons (Fsp3) is 0.684. The van der Waals surface area contributed by atoms with E-state index in [1.54, 1.807) is 0 Å². The fourth-order valence-electron chi connectivity index (χ4n) is 4.34. The van der Waals surface area contributed by atoms with Crippen LogP contribution in [0, 0.1) is 11.8 Å². The molecule has 1 aliphatic carbocycles. The van der Waals surface area contributed by atoms with Gasteiger partial charge in [-0.3, -0.25) is 0 Å². The van der Waals surface area contributed by atoms with Crippen LogP contribution in [0.3, 0.4) is 0 Å². The van der Waals surface area contributed by atoms with Gasteiger partial charge in [-0.25, -0.2) is 0 Å². The second-order valence-electron chi connectivity index (χ2n) is 7.22. The topological polar surface area (TPSA) is 29.3 Å². The van der Waals surface area contributed by atoms with Crippen molar-refractivity contribution in [3.05, 3.63) is 29.8 Å². The summed E-state index contributed by atoms with van der Waals surface area (Å²) in [5.41, 5.74) is 9.14. The highest BCUT2D eigenvalue weighted by Crippen LogP contribution is 2.34. The van der Waals surface area contributed by atoms with Crippen molar-refractivity contribution in [1.29, 1.82) is 0 Å². The van der Waals surface area contributed by atoms with Gasteiger partial charge in [0, 0.05) is 24.8 Å². The van der Waals surface area contributed by atoms with E-state index in [1.807, 2.05) is 0 Å². The zero-order chi connectivity index (χ0) is 14.7. The summed E-state index contributed by atoms with van der Waals surface area (Å²) in [4.78, 5) is 2.62. The minimum Gasteiger partial charge on any atom is -0.367 e. The van der Waals surface area contributed by atoms with Gasteiger partial charge >= 0.3 is 0 Å². The maximum Gasteiger partial charge on any atom is 0.0415 e. The Kier molecular flexibility index (Phi) is 4.84. The monoisotopic (exact) mass is 286 g/mol. The molecule has 2 aliphatic rings. The molecule has 2 atom stereocenters. The van der Waals surface area contributed by atoms with Gasteiger partial charge in [-0.05, 0) is 36.3 Å². The van der Waals surface area contributed by atoms with Crippen LogP contribution < -0.4 is 10.6 Å². The highest BCUT2D eigenvalue weighted by molar-refractivity contribution is 5.56. The minimum absolute atomic E-state index is 0.525. The second-order valence-corrected chi connectivity index (χ2v) is 7.22. The van der Waals surface area contributed by atoms with Crippen molar-refractivity contribution in [3.63, 3.8) is 0 Å². The Morgan fingerprint density at radius 3 is 2.71 bits per heavy atom. The van der Waals surface area contributed by atoms with Crippen LogP contribution in [0.5, 0.6) is 0 Å². The highest BCUT2D eigenvalue weighted by Gasteiger charge is 2.28. The van der Waals surface area contributed by atoms with Crippen molar-refractivity contribution in [2.45, 2.75) is 57.9 Å². The van der Waals surface area contributed by atoms with E-state index in [1.165, 1.54) is 62.7 Å². The Morgan fingerprint density at radius 2 is 1.95 bits per heavy atom. The molecule has 2 nitrogen and oxygen atoms in total. The van der Waals surface area contributed by atoms with Crippen molar-refractivity contribution in [1.82, 2.24) is 0 Å². The molecule has 2 N–H and O–H groups in total. The third-order valence-corrected chi connectivity index (χ3v) is 5.42. The largest absolute Gasteiger partial charge is 0.367 e. The van der Waals surface area contributed by atoms with Gasteiger partial charge in [-0.2, -0.15) is 0 Å². The van der Waals surface area contributed by atoms with E-state index in [0.717, 1.165) is 18.4 Å². The van der Waals surface area contributed by atoms with Crippen LogP contribution in [0.1, 0.15) is 51.0 Å². The van der Waals surface area contributed by atoms with Gasteiger partial charge in [0.1, 0.15) is 0 Å². The molecule has 0 saturated heterocycles. The average molecular weight is 286 g/mol. The normalized spacial score (nSPS) is 24.7. The average Bonchev–Trinajstić information content (AvgIpc) is 2.53. The number of hydrogen-bond donors (Lipinski definition) is 1. The SMILES string of the molecule is CC1Cc2ccccc2N(C(CN)CC2CCCCC2)C1. The van der Waals surface area contributed by atoms with Crippen LogP contribution in [0.15, 0.2) is 24.3 Å². The summed E-state index contributed by atoms with van der Waals surface area (Å²) in [5.74, 6) is 1.64. The molecule has 2 unspecified atom stereocenters. The first-order valence-corrected chi connectivity index (χ1v) is 8.82. The van der Waals surface area contributed by atoms with Crippen molar-refractivity contribution in [2.75, 3.05) is 18.0 Å². The summed E-state index contributed by atoms with van der Waals surface area (Å²) in [7, 11) is 0. The summed E-state index contributed by atoms with van der Waals surface area (Å²) >= 11 is 0. The molecule has 1 heterocycles. The van der Waals surface area contributed by atoms with Gasteiger partial charge < -0.3 is 10.6 Å². The maximum absolute atomic E-state index is 6.18. The number of para-hydroxylation sites is 1. The molecular formula is C19H30N2. The van der Waals surface area contributed by atoms with Crippen LogP contribution in [0.25, 0.3) is 0 Å². The summed E-state index contributed by atoms with van der Waals surface area (Å²) in [5, 5.41) is 0. The van der Waals surface area contributed by atoms with E-state index < -0.39 is 0 Å². The Bertz CT molecular complexity index is 451. The zero-order valence-electron chi connectivity index (χ0n) is 13.4. The first-order chi connectivity index (χ1) is 10.3.